The Labute approximate surface area is 115 Å². The summed E-state index contributed by atoms with van der Waals surface area (Å²) in [5, 5.41) is 6.99. The van der Waals surface area contributed by atoms with E-state index >= 15 is 0 Å². The van der Waals surface area contributed by atoms with Crippen molar-refractivity contribution in [2.75, 3.05) is 11.9 Å². The van der Waals surface area contributed by atoms with Crippen LogP contribution in [-0.4, -0.2) is 12.5 Å². The SMILES string of the molecule is NCc1cscc1-c1ccc2c(c1)NC(=O)CCO2. The fourth-order valence-electron chi connectivity index (χ4n) is 2.12. The zero-order valence-corrected chi connectivity index (χ0v) is 11.1. The first-order valence-electron chi connectivity index (χ1n) is 6.10. The number of hydrogen-bond donors (Lipinski definition) is 2. The molecular weight excluding hydrogens is 260 g/mol. The zero-order valence-electron chi connectivity index (χ0n) is 10.3. The number of hydrogen-bond acceptors (Lipinski definition) is 4. The predicted octanol–water partition coefficient (Wildman–Crippen LogP) is 2.59. The Kier molecular flexibility index (Phi) is 3.23. The first kappa shape index (κ1) is 12.2. The van der Waals surface area contributed by atoms with Crippen molar-refractivity contribution >= 4 is 22.9 Å². The van der Waals surface area contributed by atoms with Gasteiger partial charge in [-0.25, -0.2) is 0 Å². The van der Waals surface area contributed by atoms with Gasteiger partial charge in [-0.1, -0.05) is 6.07 Å². The maximum Gasteiger partial charge on any atom is 0.227 e. The van der Waals surface area contributed by atoms with E-state index in [2.05, 4.69) is 16.1 Å². The van der Waals surface area contributed by atoms with Gasteiger partial charge >= 0.3 is 0 Å². The summed E-state index contributed by atoms with van der Waals surface area (Å²) in [4.78, 5) is 11.6. The molecule has 0 unspecified atom stereocenters. The summed E-state index contributed by atoms with van der Waals surface area (Å²) in [6, 6.07) is 5.84. The summed E-state index contributed by atoms with van der Waals surface area (Å²) in [6.45, 7) is 0.934. The minimum atomic E-state index is -0.0136. The van der Waals surface area contributed by atoms with Crippen LogP contribution in [0.2, 0.25) is 0 Å². The van der Waals surface area contributed by atoms with E-state index in [0.717, 1.165) is 28.1 Å². The van der Waals surface area contributed by atoms with E-state index < -0.39 is 0 Å². The second-order valence-corrected chi connectivity index (χ2v) is 5.12. The average molecular weight is 274 g/mol. The van der Waals surface area contributed by atoms with Gasteiger partial charge in [-0.2, -0.15) is 11.3 Å². The third-order valence-corrected chi connectivity index (χ3v) is 3.91. The van der Waals surface area contributed by atoms with E-state index in [1.807, 2.05) is 18.2 Å². The number of nitrogens with two attached hydrogens (primary N) is 1. The normalized spacial score (nSPS) is 14.3. The molecule has 0 saturated heterocycles. The second-order valence-electron chi connectivity index (χ2n) is 4.37. The number of fused-ring (bicyclic) bond motifs is 1. The van der Waals surface area contributed by atoms with Gasteiger partial charge < -0.3 is 15.8 Å². The molecule has 1 amide bonds. The summed E-state index contributed by atoms with van der Waals surface area (Å²) in [5.74, 6) is 0.708. The smallest absolute Gasteiger partial charge is 0.227 e. The average Bonchev–Trinajstić information content (AvgIpc) is 2.80. The van der Waals surface area contributed by atoms with E-state index in [9.17, 15) is 4.79 Å². The summed E-state index contributed by atoms with van der Waals surface area (Å²) >= 11 is 1.63. The van der Waals surface area contributed by atoms with Crippen LogP contribution in [0.4, 0.5) is 5.69 Å². The quantitative estimate of drug-likeness (QED) is 0.884. The topological polar surface area (TPSA) is 64.3 Å². The van der Waals surface area contributed by atoms with Crippen LogP contribution in [0.5, 0.6) is 5.75 Å². The number of thiophene rings is 1. The highest BCUT2D eigenvalue weighted by Gasteiger charge is 2.15. The summed E-state index contributed by atoms with van der Waals surface area (Å²) < 4.78 is 5.54. The van der Waals surface area contributed by atoms with Crippen LogP contribution in [-0.2, 0) is 11.3 Å². The maximum absolute atomic E-state index is 11.6. The third kappa shape index (κ3) is 2.34. The molecule has 19 heavy (non-hydrogen) atoms. The first-order chi connectivity index (χ1) is 9.28. The number of ether oxygens (including phenoxy) is 1. The standard InChI is InChI=1S/C14H14N2O2S/c15-6-10-7-19-8-11(10)9-1-2-13-12(5-9)16-14(17)3-4-18-13/h1-2,5,7-8H,3-4,6,15H2,(H,16,17). The Morgan fingerprint density at radius 2 is 2.26 bits per heavy atom. The largest absolute Gasteiger partial charge is 0.491 e. The van der Waals surface area contributed by atoms with Crippen LogP contribution >= 0.6 is 11.3 Å². The molecule has 3 N–H and O–H groups in total. The molecule has 0 spiro atoms. The molecule has 1 aliphatic rings. The van der Waals surface area contributed by atoms with Gasteiger partial charge in [-0.15, -0.1) is 0 Å². The lowest BCUT2D eigenvalue weighted by molar-refractivity contribution is -0.116. The molecule has 0 fully saturated rings. The zero-order chi connectivity index (χ0) is 13.2. The number of rotatable bonds is 2. The Morgan fingerprint density at radius 1 is 1.37 bits per heavy atom. The van der Waals surface area contributed by atoms with Crippen LogP contribution < -0.4 is 15.8 Å². The van der Waals surface area contributed by atoms with Gasteiger partial charge in [0.1, 0.15) is 5.75 Å². The minimum Gasteiger partial charge on any atom is -0.491 e. The van der Waals surface area contributed by atoms with E-state index in [1.165, 1.54) is 0 Å². The first-order valence-corrected chi connectivity index (χ1v) is 7.04. The van der Waals surface area contributed by atoms with Crippen LogP contribution in [0, 0.1) is 0 Å². The molecule has 0 atom stereocenters. The van der Waals surface area contributed by atoms with E-state index in [1.54, 1.807) is 11.3 Å². The lowest BCUT2D eigenvalue weighted by Gasteiger charge is -2.09. The molecule has 4 nitrogen and oxygen atoms in total. The molecule has 3 rings (SSSR count). The van der Waals surface area contributed by atoms with Gasteiger partial charge in [0.15, 0.2) is 0 Å². The number of nitrogens with one attached hydrogen (secondary N) is 1. The fourth-order valence-corrected chi connectivity index (χ4v) is 3.00. The molecule has 1 aliphatic heterocycles. The molecule has 0 aliphatic carbocycles. The van der Waals surface area contributed by atoms with Gasteiger partial charge in [-0.05, 0) is 39.6 Å². The van der Waals surface area contributed by atoms with E-state index in [0.29, 0.717) is 19.6 Å². The van der Waals surface area contributed by atoms with Crippen LogP contribution in [0.1, 0.15) is 12.0 Å². The lowest BCUT2D eigenvalue weighted by Crippen LogP contribution is -2.10. The van der Waals surface area contributed by atoms with Crippen LogP contribution in [0.15, 0.2) is 29.0 Å². The minimum absolute atomic E-state index is 0.0136. The number of benzene rings is 1. The van der Waals surface area contributed by atoms with Crippen molar-refractivity contribution in [1.82, 2.24) is 0 Å². The van der Waals surface area contributed by atoms with Crippen molar-refractivity contribution in [3.63, 3.8) is 0 Å². The summed E-state index contributed by atoms with van der Waals surface area (Å²) in [5.41, 5.74) is 9.74. The Hall–Kier alpha value is -1.85. The van der Waals surface area contributed by atoms with E-state index in [-0.39, 0.29) is 5.91 Å². The molecule has 0 bridgehead atoms. The van der Waals surface area contributed by atoms with Gasteiger partial charge in [0.25, 0.3) is 0 Å². The molecule has 98 valence electrons. The van der Waals surface area contributed by atoms with E-state index in [4.69, 9.17) is 10.5 Å². The van der Waals surface area contributed by atoms with Crippen LogP contribution in [0.3, 0.4) is 0 Å². The molecule has 0 radical (unpaired) electrons. The van der Waals surface area contributed by atoms with Crippen molar-refractivity contribution in [2.45, 2.75) is 13.0 Å². The van der Waals surface area contributed by atoms with Crippen LogP contribution in [0.25, 0.3) is 11.1 Å². The third-order valence-electron chi connectivity index (χ3n) is 3.11. The van der Waals surface area contributed by atoms with Gasteiger partial charge in [0, 0.05) is 6.54 Å². The Morgan fingerprint density at radius 3 is 3.11 bits per heavy atom. The highest BCUT2D eigenvalue weighted by molar-refractivity contribution is 7.08. The molecule has 5 heteroatoms. The number of amides is 1. The van der Waals surface area contributed by atoms with Crippen molar-refractivity contribution < 1.29 is 9.53 Å². The molecule has 1 aromatic carbocycles. The Balaban J connectivity index is 2.03. The predicted molar refractivity (Wildman–Crippen MR) is 76.4 cm³/mol. The fraction of sp³-hybridized carbons (Fsp3) is 0.214. The highest BCUT2D eigenvalue weighted by atomic mass is 32.1. The van der Waals surface area contributed by atoms with Crippen molar-refractivity contribution in [3.8, 4) is 16.9 Å². The van der Waals surface area contributed by atoms with Gasteiger partial charge in [-0.3, -0.25) is 4.79 Å². The van der Waals surface area contributed by atoms with Crippen molar-refractivity contribution in [3.05, 3.63) is 34.5 Å². The number of carbonyl (C=O) groups excluding carboxylic acids is 1. The lowest BCUT2D eigenvalue weighted by atomic mass is 10.0. The molecule has 2 heterocycles. The number of anilines is 1. The Bertz CT molecular complexity index is 622. The van der Waals surface area contributed by atoms with Gasteiger partial charge in [0.2, 0.25) is 5.91 Å². The summed E-state index contributed by atoms with van der Waals surface area (Å²) in [7, 11) is 0. The highest BCUT2D eigenvalue weighted by Crippen LogP contribution is 2.34. The molecular formula is C14H14N2O2S. The summed E-state index contributed by atoms with van der Waals surface area (Å²) in [6.07, 6.45) is 0.385. The number of carbonyl (C=O) groups is 1. The monoisotopic (exact) mass is 274 g/mol. The molecule has 0 saturated carbocycles. The molecule has 1 aromatic heterocycles. The second kappa shape index (κ2) is 5.03. The van der Waals surface area contributed by atoms with Gasteiger partial charge in [0.05, 0.1) is 18.7 Å². The van der Waals surface area contributed by atoms with Crippen molar-refractivity contribution in [2.24, 2.45) is 5.73 Å². The van der Waals surface area contributed by atoms with Crippen molar-refractivity contribution in [1.29, 1.82) is 0 Å². The maximum atomic E-state index is 11.6. The molecule has 2 aromatic rings.